The van der Waals surface area contributed by atoms with Crippen LogP contribution in [-0.4, -0.2) is 62.4 Å². The van der Waals surface area contributed by atoms with Crippen molar-refractivity contribution in [1.82, 2.24) is 0 Å². The predicted octanol–water partition coefficient (Wildman–Crippen LogP) is -3.99. The van der Waals surface area contributed by atoms with Crippen molar-refractivity contribution in [3.8, 4) is 0 Å². The van der Waals surface area contributed by atoms with Crippen molar-refractivity contribution in [1.29, 1.82) is 0 Å². The molecule has 0 radical (unpaired) electrons. The maximum Gasteiger partial charge on any atom is 0.160 e. The molecule has 2 atom stereocenters. The van der Waals surface area contributed by atoms with Crippen molar-refractivity contribution < 1.29 is 19.2 Å². The van der Waals surface area contributed by atoms with Gasteiger partial charge in [0.2, 0.25) is 0 Å². The van der Waals surface area contributed by atoms with Gasteiger partial charge in [0.05, 0.1) is 37.0 Å². The second kappa shape index (κ2) is 8.89. The average molecular weight is 370 g/mol. The van der Waals surface area contributed by atoms with Gasteiger partial charge in [-0.15, -0.1) is 0 Å². The predicted molar refractivity (Wildman–Crippen MR) is 95.4 cm³/mol. The summed E-state index contributed by atoms with van der Waals surface area (Å²) < 4.78 is 0. The van der Waals surface area contributed by atoms with Gasteiger partial charge in [-0.3, -0.25) is 19.2 Å². The van der Waals surface area contributed by atoms with Crippen LogP contribution in [0, 0.1) is 22.7 Å². The molecule has 1 fully saturated rings. The fourth-order valence-corrected chi connectivity index (χ4v) is 4.41. The van der Waals surface area contributed by atoms with E-state index in [1.54, 1.807) is 0 Å². The lowest BCUT2D eigenvalue weighted by atomic mass is 9.48. The largest absolute Gasteiger partial charge is 0.330 e. The highest BCUT2D eigenvalue weighted by molar-refractivity contribution is 6.14. The fraction of sp³-hybridized carbons (Fsp3) is 0.750. The van der Waals surface area contributed by atoms with E-state index in [2.05, 4.69) is 0 Å². The number of ketones is 4. The van der Waals surface area contributed by atoms with E-state index in [0.717, 1.165) is 0 Å². The Morgan fingerprint density at radius 2 is 0.885 bits per heavy atom. The molecule has 0 bridgehead atoms. The quantitative estimate of drug-likeness (QED) is 0.204. The summed E-state index contributed by atoms with van der Waals surface area (Å²) in [6, 6.07) is 0. The molecule has 148 valence electrons. The first-order chi connectivity index (χ1) is 12.3. The van der Waals surface area contributed by atoms with E-state index in [9.17, 15) is 19.2 Å². The second-order valence-corrected chi connectivity index (χ2v) is 6.73. The van der Waals surface area contributed by atoms with Crippen LogP contribution in [0.2, 0.25) is 0 Å². The van der Waals surface area contributed by atoms with Crippen LogP contribution >= 0.6 is 0 Å². The SMILES string of the molecule is NCC(=O)C1(C(=O)CN)CC(C(=O)CN)(C(=O)CN)C(CN)CC1CN. The minimum atomic E-state index is -1.72. The molecule has 12 N–H and O–H groups in total. The van der Waals surface area contributed by atoms with Crippen molar-refractivity contribution in [2.45, 2.75) is 12.8 Å². The topological polar surface area (TPSA) is 224 Å². The molecule has 0 aromatic heterocycles. The zero-order chi connectivity index (χ0) is 20.1. The summed E-state index contributed by atoms with van der Waals surface area (Å²) in [7, 11) is 0. The van der Waals surface area contributed by atoms with E-state index in [1.807, 2.05) is 0 Å². The summed E-state index contributed by atoms with van der Waals surface area (Å²) in [5, 5.41) is 0. The van der Waals surface area contributed by atoms with Gasteiger partial charge in [0.15, 0.2) is 23.1 Å². The van der Waals surface area contributed by atoms with Crippen LogP contribution < -0.4 is 34.4 Å². The van der Waals surface area contributed by atoms with Crippen molar-refractivity contribution in [2.24, 2.45) is 57.1 Å². The first kappa shape index (κ1) is 22.5. The molecular formula is C16H30N6O4. The summed E-state index contributed by atoms with van der Waals surface area (Å²) in [4.78, 5) is 51.2. The van der Waals surface area contributed by atoms with Gasteiger partial charge in [0.1, 0.15) is 0 Å². The van der Waals surface area contributed by atoms with Gasteiger partial charge in [0.25, 0.3) is 0 Å². The molecule has 0 spiro atoms. The van der Waals surface area contributed by atoms with E-state index >= 15 is 0 Å². The molecule has 0 saturated heterocycles. The molecule has 0 aliphatic heterocycles. The van der Waals surface area contributed by atoms with Crippen molar-refractivity contribution in [3.63, 3.8) is 0 Å². The molecule has 2 unspecified atom stereocenters. The Bertz CT molecular complexity index is 499. The first-order valence-electron chi connectivity index (χ1n) is 8.60. The lowest BCUT2D eigenvalue weighted by molar-refractivity contribution is -0.162. The van der Waals surface area contributed by atoms with E-state index < -0.39 is 72.0 Å². The Kier molecular flexibility index (Phi) is 7.69. The van der Waals surface area contributed by atoms with Crippen molar-refractivity contribution in [2.75, 3.05) is 39.3 Å². The summed E-state index contributed by atoms with van der Waals surface area (Å²) in [6.45, 7) is -1.81. The molecule has 10 nitrogen and oxygen atoms in total. The molecular weight excluding hydrogens is 340 g/mol. The molecule has 10 heteroatoms. The van der Waals surface area contributed by atoms with E-state index in [4.69, 9.17) is 34.4 Å². The smallest absolute Gasteiger partial charge is 0.160 e. The number of carbonyl (C=O) groups excluding carboxylic acids is 4. The minimum absolute atomic E-state index is 0.0162. The van der Waals surface area contributed by atoms with Crippen LogP contribution in [0.1, 0.15) is 12.8 Å². The van der Waals surface area contributed by atoms with Gasteiger partial charge in [0, 0.05) is 0 Å². The Morgan fingerprint density at radius 1 is 0.615 bits per heavy atom. The van der Waals surface area contributed by atoms with Crippen molar-refractivity contribution in [3.05, 3.63) is 0 Å². The molecule has 0 aromatic rings. The van der Waals surface area contributed by atoms with Crippen LogP contribution in [0.25, 0.3) is 0 Å². The number of nitrogens with two attached hydrogens (primary N) is 6. The van der Waals surface area contributed by atoms with Gasteiger partial charge in [-0.1, -0.05) is 0 Å². The molecule has 0 amide bonds. The van der Waals surface area contributed by atoms with E-state index in [1.165, 1.54) is 0 Å². The molecule has 0 heterocycles. The Hall–Kier alpha value is -1.56. The van der Waals surface area contributed by atoms with E-state index in [0.29, 0.717) is 0 Å². The van der Waals surface area contributed by atoms with E-state index in [-0.39, 0.29) is 25.9 Å². The highest BCUT2D eigenvalue weighted by Crippen LogP contribution is 2.54. The third-order valence-electron chi connectivity index (χ3n) is 5.82. The number of hydrogen-bond acceptors (Lipinski definition) is 10. The monoisotopic (exact) mass is 370 g/mol. The van der Waals surface area contributed by atoms with Crippen LogP contribution in [-0.2, 0) is 19.2 Å². The normalized spacial score (nSPS) is 24.1. The third kappa shape index (κ3) is 3.24. The zero-order valence-electron chi connectivity index (χ0n) is 14.9. The van der Waals surface area contributed by atoms with Gasteiger partial charge in [-0.05, 0) is 37.8 Å². The molecule has 1 saturated carbocycles. The van der Waals surface area contributed by atoms with Crippen molar-refractivity contribution >= 4 is 23.1 Å². The van der Waals surface area contributed by atoms with Gasteiger partial charge in [-0.25, -0.2) is 0 Å². The summed E-state index contributed by atoms with van der Waals surface area (Å²) in [6.07, 6.45) is -0.260. The fourth-order valence-electron chi connectivity index (χ4n) is 4.41. The lowest BCUT2D eigenvalue weighted by Gasteiger charge is -2.52. The lowest BCUT2D eigenvalue weighted by Crippen LogP contribution is -2.65. The highest BCUT2D eigenvalue weighted by Gasteiger charge is 2.64. The Labute approximate surface area is 152 Å². The summed E-state index contributed by atoms with van der Waals surface area (Å²) in [5.41, 5.74) is 30.4. The Balaban J connectivity index is 3.75. The maximum atomic E-state index is 12.8. The highest BCUT2D eigenvalue weighted by atomic mass is 16.2. The van der Waals surface area contributed by atoms with Crippen LogP contribution in [0.5, 0.6) is 0 Å². The number of carbonyl (C=O) groups is 4. The number of hydrogen-bond donors (Lipinski definition) is 6. The van der Waals surface area contributed by atoms with Gasteiger partial charge < -0.3 is 34.4 Å². The average Bonchev–Trinajstić information content (AvgIpc) is 2.69. The molecule has 26 heavy (non-hydrogen) atoms. The standard InChI is InChI=1S/C16H30N6O4/c17-2-9-1-10(3-18)16(13(25)6-21,14(26)7-22)8-15(9,11(23)4-19)12(24)5-20/h9-10H,1-8,17-22H2. The minimum Gasteiger partial charge on any atom is -0.330 e. The van der Waals surface area contributed by atoms with Gasteiger partial charge in [-0.2, -0.15) is 0 Å². The second-order valence-electron chi connectivity index (χ2n) is 6.73. The number of Topliss-reactive ketones (excluding diaryl/α,β-unsaturated/α-hetero) is 4. The zero-order valence-corrected chi connectivity index (χ0v) is 14.9. The van der Waals surface area contributed by atoms with Gasteiger partial charge >= 0.3 is 0 Å². The molecule has 0 aromatic carbocycles. The van der Waals surface area contributed by atoms with Crippen LogP contribution in [0.3, 0.4) is 0 Å². The molecule has 1 aliphatic carbocycles. The Morgan fingerprint density at radius 3 is 1.08 bits per heavy atom. The first-order valence-corrected chi connectivity index (χ1v) is 8.60. The van der Waals surface area contributed by atoms with Crippen LogP contribution in [0.15, 0.2) is 0 Å². The molecule has 1 aliphatic rings. The number of rotatable bonds is 10. The van der Waals surface area contributed by atoms with Crippen LogP contribution in [0.4, 0.5) is 0 Å². The summed E-state index contributed by atoms with van der Waals surface area (Å²) in [5.74, 6) is -3.66. The maximum absolute atomic E-state index is 12.8. The summed E-state index contributed by atoms with van der Waals surface area (Å²) >= 11 is 0. The third-order valence-corrected chi connectivity index (χ3v) is 5.82. The molecule has 1 rings (SSSR count).